The van der Waals surface area contributed by atoms with E-state index < -0.39 is 65.2 Å². The molecule has 0 spiro atoms. The summed E-state index contributed by atoms with van der Waals surface area (Å²) in [7, 11) is 1.50. The van der Waals surface area contributed by atoms with Crippen molar-refractivity contribution in [2.75, 3.05) is 26.9 Å². The molecule has 1 aromatic carbocycles. The summed E-state index contributed by atoms with van der Waals surface area (Å²) >= 11 is 0. The zero-order valence-corrected chi connectivity index (χ0v) is 29.8. The van der Waals surface area contributed by atoms with Gasteiger partial charge in [-0.25, -0.2) is 14.8 Å². The topological polar surface area (TPSA) is 129 Å². The largest absolute Gasteiger partial charge is 0.497 e. The highest BCUT2D eigenvalue weighted by Crippen LogP contribution is 2.45. The summed E-state index contributed by atoms with van der Waals surface area (Å²) in [4.78, 5) is 52.3. The van der Waals surface area contributed by atoms with Crippen molar-refractivity contribution in [2.24, 2.45) is 17.3 Å². The second kappa shape index (κ2) is 14.2. The van der Waals surface area contributed by atoms with Gasteiger partial charge in [0, 0.05) is 37.0 Å². The Bertz CT molecular complexity index is 1600. The number of halogens is 2. The zero-order chi connectivity index (χ0) is 35.8. The van der Waals surface area contributed by atoms with Gasteiger partial charge in [-0.05, 0) is 83.3 Å². The molecule has 1 aliphatic carbocycles. The van der Waals surface area contributed by atoms with Gasteiger partial charge in [0.1, 0.15) is 23.5 Å². The maximum Gasteiger partial charge on any atom is 0.408 e. The number of carbonyl (C=O) groups excluding carboxylic acids is 3. The lowest BCUT2D eigenvalue weighted by molar-refractivity contribution is -0.144. The van der Waals surface area contributed by atoms with Crippen molar-refractivity contribution in [1.29, 1.82) is 0 Å². The first-order valence-corrected chi connectivity index (χ1v) is 18.1. The number of aromatic nitrogens is 2. The summed E-state index contributed by atoms with van der Waals surface area (Å²) in [5.41, 5.74) is -1.47. The van der Waals surface area contributed by atoms with Gasteiger partial charge in [0.15, 0.2) is 11.5 Å². The van der Waals surface area contributed by atoms with Crippen LogP contribution in [0.4, 0.5) is 13.6 Å². The van der Waals surface area contributed by atoms with Crippen LogP contribution in [0.5, 0.6) is 11.6 Å². The van der Waals surface area contributed by atoms with Gasteiger partial charge in [-0.15, -0.1) is 0 Å². The van der Waals surface area contributed by atoms with Crippen LogP contribution in [0.1, 0.15) is 97.6 Å². The molecule has 11 nitrogen and oxygen atoms in total. The quantitative estimate of drug-likeness (QED) is 0.388. The number of amides is 2. The van der Waals surface area contributed by atoms with Crippen LogP contribution in [0.2, 0.25) is 0 Å². The van der Waals surface area contributed by atoms with E-state index in [1.54, 1.807) is 18.2 Å². The molecule has 1 unspecified atom stereocenters. The number of Topliss-reactive ketones (excluding diaryl/α,β-unsaturated/α-hetero) is 1. The number of alkyl carbamates (subject to hydrolysis) is 1. The van der Waals surface area contributed by atoms with E-state index in [1.807, 2.05) is 20.8 Å². The van der Waals surface area contributed by atoms with Crippen molar-refractivity contribution in [3.63, 3.8) is 0 Å². The van der Waals surface area contributed by atoms with Crippen molar-refractivity contribution in [2.45, 2.75) is 122 Å². The number of fused-ring (bicyclic) bond motifs is 5. The summed E-state index contributed by atoms with van der Waals surface area (Å²) in [6.45, 7) is 7.90. The van der Waals surface area contributed by atoms with Gasteiger partial charge in [-0.3, -0.25) is 9.59 Å². The fourth-order valence-corrected chi connectivity index (χ4v) is 8.68. The number of ether oxygens (including phenoxy) is 4. The number of hydrogen-bond donors (Lipinski definition) is 1. The molecule has 0 radical (unpaired) electrons. The summed E-state index contributed by atoms with van der Waals surface area (Å²) in [5, 5.41) is 2.96. The Morgan fingerprint density at radius 2 is 1.78 bits per heavy atom. The van der Waals surface area contributed by atoms with Crippen LogP contribution in [-0.2, 0) is 25.0 Å². The molecule has 3 aliphatic heterocycles. The number of alkyl halides is 2. The molecule has 6 atom stereocenters. The van der Waals surface area contributed by atoms with Crippen LogP contribution >= 0.6 is 0 Å². The monoisotopic (exact) mass is 700 g/mol. The SMILES string of the molecule is CC[C@@H]1[C@@H]2CN(C(=O)[C@H](C3(C)CCOCC3)NC(=O)O[C@]3(C)CCCC3CCCCC(F)(F)c3nc4ccc(OC)cc4nc3O2)[C@@H]1C(C)=O. The Balaban J connectivity index is 1.45. The molecule has 1 N–H and O–H groups in total. The molecule has 6 rings (SSSR count). The predicted octanol–water partition coefficient (Wildman–Crippen LogP) is 6.35. The molecule has 274 valence electrons. The molecule has 50 heavy (non-hydrogen) atoms. The molecule has 4 aliphatic rings. The van der Waals surface area contributed by atoms with Gasteiger partial charge in [-0.1, -0.05) is 20.3 Å². The predicted molar refractivity (Wildman–Crippen MR) is 180 cm³/mol. The number of hydrogen-bond acceptors (Lipinski definition) is 9. The standard InChI is InChI=1S/C37H50F2N4O7/c1-6-25-28-21-43(29(25)22(2)44)33(45)31(35(3)16-18-48-19-17-35)42-34(46)50-36(4)14-9-11-23(36)10-7-8-15-37(38,39)30-32(49-28)41-27-20-24(47-5)12-13-26(27)40-30/h12-13,20,23,25,28-29,31H,6-11,14-19,21H2,1-5H3,(H,42,46)/t23?,25-,28+,29-,31-,36-/m1/s1. The second-order valence-electron chi connectivity index (χ2n) is 15.1. The second-order valence-corrected chi connectivity index (χ2v) is 15.1. The molecule has 1 saturated carbocycles. The minimum atomic E-state index is -3.38. The third kappa shape index (κ3) is 6.98. The van der Waals surface area contributed by atoms with Crippen molar-refractivity contribution in [1.82, 2.24) is 20.2 Å². The molecule has 3 fully saturated rings. The van der Waals surface area contributed by atoms with E-state index >= 15 is 8.78 Å². The van der Waals surface area contributed by atoms with Gasteiger partial charge in [0.2, 0.25) is 11.8 Å². The lowest BCUT2D eigenvalue weighted by Gasteiger charge is -2.42. The normalized spacial score (nSPS) is 31.7. The summed E-state index contributed by atoms with van der Waals surface area (Å²) in [5.74, 6) is -4.47. The summed E-state index contributed by atoms with van der Waals surface area (Å²) < 4.78 is 56.1. The van der Waals surface area contributed by atoms with Crippen LogP contribution < -0.4 is 14.8 Å². The fourth-order valence-electron chi connectivity index (χ4n) is 8.68. The average Bonchev–Trinajstić information content (AvgIpc) is 3.63. The van der Waals surface area contributed by atoms with E-state index in [0.717, 1.165) is 12.8 Å². The van der Waals surface area contributed by atoms with Gasteiger partial charge in [0.05, 0.1) is 30.7 Å². The lowest BCUT2D eigenvalue weighted by Crippen LogP contribution is -2.60. The molecule has 2 amide bonds. The first-order valence-electron chi connectivity index (χ1n) is 18.1. The lowest BCUT2D eigenvalue weighted by atomic mass is 9.75. The van der Waals surface area contributed by atoms with Crippen molar-refractivity contribution >= 4 is 28.8 Å². The van der Waals surface area contributed by atoms with E-state index in [1.165, 1.54) is 18.9 Å². The maximum atomic E-state index is 16.3. The number of nitrogens with one attached hydrogen (secondary N) is 1. The first kappa shape index (κ1) is 36.2. The Labute approximate surface area is 292 Å². The van der Waals surface area contributed by atoms with Crippen LogP contribution in [-0.4, -0.2) is 83.3 Å². The molecule has 2 aromatic rings. The number of carbonyl (C=O) groups is 3. The van der Waals surface area contributed by atoms with Gasteiger partial charge in [-0.2, -0.15) is 8.78 Å². The summed E-state index contributed by atoms with van der Waals surface area (Å²) in [6, 6.07) is 2.91. The maximum absolute atomic E-state index is 16.3. The van der Waals surface area contributed by atoms with E-state index in [4.69, 9.17) is 18.9 Å². The van der Waals surface area contributed by atoms with Crippen LogP contribution in [0.15, 0.2) is 18.2 Å². The third-order valence-electron chi connectivity index (χ3n) is 11.8. The minimum Gasteiger partial charge on any atom is -0.497 e. The van der Waals surface area contributed by atoms with E-state index in [2.05, 4.69) is 15.3 Å². The Kier molecular flexibility index (Phi) is 10.3. The molecule has 2 saturated heterocycles. The number of nitrogens with zero attached hydrogens (tertiary/aromatic N) is 3. The van der Waals surface area contributed by atoms with E-state index in [-0.39, 0.29) is 36.1 Å². The van der Waals surface area contributed by atoms with Crippen molar-refractivity contribution in [3.8, 4) is 11.6 Å². The van der Waals surface area contributed by atoms with Crippen molar-refractivity contribution in [3.05, 3.63) is 23.9 Å². The summed E-state index contributed by atoms with van der Waals surface area (Å²) in [6.07, 6.45) is 3.04. The van der Waals surface area contributed by atoms with Gasteiger partial charge >= 0.3 is 6.09 Å². The van der Waals surface area contributed by atoms with E-state index in [9.17, 15) is 14.4 Å². The highest BCUT2D eigenvalue weighted by Gasteiger charge is 2.53. The van der Waals surface area contributed by atoms with Crippen LogP contribution in [0.25, 0.3) is 11.0 Å². The first-order chi connectivity index (χ1) is 23.8. The average molecular weight is 701 g/mol. The Morgan fingerprint density at radius 3 is 2.48 bits per heavy atom. The minimum absolute atomic E-state index is 0.0188. The van der Waals surface area contributed by atoms with E-state index in [0.29, 0.717) is 63.0 Å². The highest BCUT2D eigenvalue weighted by molar-refractivity contribution is 5.93. The van der Waals surface area contributed by atoms with Gasteiger partial charge in [0.25, 0.3) is 5.92 Å². The molecule has 13 heteroatoms. The van der Waals surface area contributed by atoms with Gasteiger partial charge < -0.3 is 29.2 Å². The molecule has 1 aromatic heterocycles. The smallest absolute Gasteiger partial charge is 0.408 e. The Morgan fingerprint density at radius 1 is 1.04 bits per heavy atom. The van der Waals surface area contributed by atoms with Crippen LogP contribution in [0, 0.1) is 17.3 Å². The zero-order valence-electron chi connectivity index (χ0n) is 29.8. The molecule has 4 heterocycles. The van der Waals surface area contributed by atoms with Crippen molar-refractivity contribution < 1.29 is 42.1 Å². The number of ketones is 1. The molecule has 2 bridgehead atoms. The molecular weight excluding hydrogens is 650 g/mol. The number of methoxy groups -OCH3 is 1. The molecular formula is C37H50F2N4O7. The number of benzene rings is 1. The number of rotatable bonds is 4. The highest BCUT2D eigenvalue weighted by atomic mass is 19.3. The van der Waals surface area contributed by atoms with Crippen LogP contribution in [0.3, 0.4) is 0 Å². The Hall–Kier alpha value is -3.61. The third-order valence-corrected chi connectivity index (χ3v) is 11.8. The fraction of sp³-hybridized carbons (Fsp3) is 0.703.